The molecule has 1 aliphatic carbocycles. The molecule has 2 N–H and O–H groups in total. The number of aromatic nitrogens is 3. The third-order valence-electron chi connectivity index (χ3n) is 5.75. The van der Waals surface area contributed by atoms with E-state index in [1.807, 2.05) is 48.5 Å². The predicted molar refractivity (Wildman–Crippen MR) is 130 cm³/mol. The molecule has 172 valence electrons. The number of rotatable bonds is 9. The number of anilines is 1. The summed E-state index contributed by atoms with van der Waals surface area (Å²) in [5.74, 6) is 0.835. The van der Waals surface area contributed by atoms with Gasteiger partial charge in [-0.25, -0.2) is 9.67 Å². The van der Waals surface area contributed by atoms with Crippen molar-refractivity contribution in [2.75, 3.05) is 17.6 Å². The fraction of sp³-hybridized carbons (Fsp3) is 0.360. The van der Waals surface area contributed by atoms with Gasteiger partial charge in [0.05, 0.1) is 17.9 Å². The molecule has 4 rings (SSSR count). The molecule has 1 heterocycles. The molecule has 2 amide bonds. The molecular formula is C25H29N5O2S. The summed E-state index contributed by atoms with van der Waals surface area (Å²) in [6, 6.07) is 17.2. The average molecular weight is 464 g/mol. The van der Waals surface area contributed by atoms with E-state index in [-0.39, 0.29) is 23.5 Å². The number of carbonyl (C=O) groups excluding carboxylic acids is 2. The van der Waals surface area contributed by atoms with E-state index in [1.54, 1.807) is 17.1 Å². The van der Waals surface area contributed by atoms with Gasteiger partial charge in [0.1, 0.15) is 6.33 Å². The number of benzene rings is 2. The molecule has 2 aromatic carbocycles. The van der Waals surface area contributed by atoms with E-state index < -0.39 is 0 Å². The highest BCUT2D eigenvalue weighted by Crippen LogP contribution is 2.24. The fourth-order valence-electron chi connectivity index (χ4n) is 3.99. The monoisotopic (exact) mass is 463 g/mol. The third-order valence-corrected chi connectivity index (χ3v) is 6.83. The highest BCUT2D eigenvalue weighted by Gasteiger charge is 2.17. The van der Waals surface area contributed by atoms with Crippen LogP contribution in [0.2, 0.25) is 0 Å². The van der Waals surface area contributed by atoms with Crippen LogP contribution in [0.15, 0.2) is 65.8 Å². The van der Waals surface area contributed by atoms with Crippen molar-refractivity contribution in [3.8, 4) is 0 Å². The summed E-state index contributed by atoms with van der Waals surface area (Å²) in [5, 5.41) is 10.2. The summed E-state index contributed by atoms with van der Waals surface area (Å²) < 4.78 is 1.68. The van der Waals surface area contributed by atoms with Crippen LogP contribution in [0.5, 0.6) is 0 Å². The molecule has 0 unspecified atom stereocenters. The molecule has 0 saturated heterocycles. The van der Waals surface area contributed by atoms with Crippen molar-refractivity contribution in [3.05, 3.63) is 72.1 Å². The summed E-state index contributed by atoms with van der Waals surface area (Å²) in [5.41, 5.74) is 1.60. The topological polar surface area (TPSA) is 88.9 Å². The Morgan fingerprint density at radius 2 is 1.76 bits per heavy atom. The van der Waals surface area contributed by atoms with Crippen molar-refractivity contribution in [1.82, 2.24) is 20.1 Å². The Bertz CT molecular complexity index is 1060. The first-order chi connectivity index (χ1) is 16.2. The lowest BCUT2D eigenvalue weighted by atomic mass is 9.89. The Balaban J connectivity index is 1.30. The van der Waals surface area contributed by atoms with Gasteiger partial charge in [-0.3, -0.25) is 14.9 Å². The van der Waals surface area contributed by atoms with Gasteiger partial charge in [0.2, 0.25) is 11.9 Å². The lowest BCUT2D eigenvalue weighted by Gasteiger charge is -2.21. The standard InChI is InChI=1S/C25H29N5O2S/c31-23(26-15-19-9-3-1-4-10-19)17-33-22-14-8-7-13-21(22)24(32)28-25-27-18-30(29-25)16-20-11-5-2-6-12-20/h2,5-8,11-14,18-19H,1,3-4,9-10,15-17H2,(H,26,31)(H,28,29,32). The van der Waals surface area contributed by atoms with Gasteiger partial charge < -0.3 is 5.32 Å². The first kappa shape index (κ1) is 23.0. The van der Waals surface area contributed by atoms with Crippen LogP contribution in [0.3, 0.4) is 0 Å². The van der Waals surface area contributed by atoms with E-state index in [9.17, 15) is 9.59 Å². The summed E-state index contributed by atoms with van der Waals surface area (Å²) in [7, 11) is 0. The minimum Gasteiger partial charge on any atom is -0.355 e. The number of carbonyl (C=O) groups is 2. The van der Waals surface area contributed by atoms with Crippen molar-refractivity contribution in [1.29, 1.82) is 0 Å². The van der Waals surface area contributed by atoms with Crippen LogP contribution in [0, 0.1) is 5.92 Å². The van der Waals surface area contributed by atoms with Crippen LogP contribution < -0.4 is 10.6 Å². The van der Waals surface area contributed by atoms with Gasteiger partial charge in [0.25, 0.3) is 5.91 Å². The van der Waals surface area contributed by atoms with Crippen LogP contribution in [0.4, 0.5) is 5.95 Å². The van der Waals surface area contributed by atoms with Gasteiger partial charge in [0.15, 0.2) is 0 Å². The molecule has 0 atom stereocenters. The quantitative estimate of drug-likeness (QED) is 0.460. The van der Waals surface area contributed by atoms with E-state index in [0.29, 0.717) is 18.0 Å². The maximum Gasteiger partial charge on any atom is 0.259 e. The van der Waals surface area contributed by atoms with Crippen LogP contribution >= 0.6 is 11.8 Å². The zero-order chi connectivity index (χ0) is 22.9. The number of amides is 2. The molecule has 0 bridgehead atoms. The summed E-state index contributed by atoms with van der Waals surface area (Å²) >= 11 is 1.37. The van der Waals surface area contributed by atoms with Gasteiger partial charge in [-0.15, -0.1) is 16.9 Å². The third kappa shape index (κ3) is 6.92. The molecule has 0 aliphatic heterocycles. The average Bonchev–Trinajstić information content (AvgIpc) is 3.29. The first-order valence-corrected chi connectivity index (χ1v) is 12.4. The Morgan fingerprint density at radius 1 is 1.00 bits per heavy atom. The van der Waals surface area contributed by atoms with Gasteiger partial charge >= 0.3 is 0 Å². The second-order valence-corrected chi connectivity index (χ2v) is 9.32. The van der Waals surface area contributed by atoms with Crippen molar-refractivity contribution in [2.45, 2.75) is 43.5 Å². The number of thioether (sulfide) groups is 1. The largest absolute Gasteiger partial charge is 0.355 e. The van der Waals surface area contributed by atoms with Crippen molar-refractivity contribution < 1.29 is 9.59 Å². The Morgan fingerprint density at radius 3 is 2.58 bits per heavy atom. The molecule has 0 radical (unpaired) electrons. The minimum atomic E-state index is -0.293. The Labute approximate surface area is 198 Å². The molecule has 8 heteroatoms. The number of nitrogens with zero attached hydrogens (tertiary/aromatic N) is 3. The molecule has 1 aliphatic rings. The van der Waals surface area contributed by atoms with Crippen molar-refractivity contribution in [3.63, 3.8) is 0 Å². The zero-order valence-corrected chi connectivity index (χ0v) is 19.4. The Hall–Kier alpha value is -3.13. The maximum absolute atomic E-state index is 12.9. The maximum atomic E-state index is 12.9. The van der Waals surface area contributed by atoms with Crippen LogP contribution in [-0.4, -0.2) is 38.9 Å². The smallest absolute Gasteiger partial charge is 0.259 e. The summed E-state index contributed by atoms with van der Waals surface area (Å²) in [6.45, 7) is 1.32. The summed E-state index contributed by atoms with van der Waals surface area (Å²) in [4.78, 5) is 30.1. The van der Waals surface area contributed by atoms with E-state index in [1.165, 1.54) is 43.9 Å². The number of hydrogen-bond acceptors (Lipinski definition) is 5. The van der Waals surface area contributed by atoms with E-state index >= 15 is 0 Å². The molecular weight excluding hydrogens is 434 g/mol. The molecule has 1 aromatic heterocycles. The zero-order valence-electron chi connectivity index (χ0n) is 18.6. The van der Waals surface area contributed by atoms with Crippen LogP contribution in [0.25, 0.3) is 0 Å². The summed E-state index contributed by atoms with van der Waals surface area (Å²) in [6.07, 6.45) is 7.83. The SMILES string of the molecule is O=C(CSc1ccccc1C(=O)Nc1ncn(Cc2ccccc2)n1)NCC1CCCCC1. The van der Waals surface area contributed by atoms with E-state index in [0.717, 1.165) is 17.0 Å². The molecule has 7 nitrogen and oxygen atoms in total. The fourth-order valence-corrected chi connectivity index (χ4v) is 4.87. The van der Waals surface area contributed by atoms with Crippen molar-refractivity contribution in [2.24, 2.45) is 5.92 Å². The van der Waals surface area contributed by atoms with Gasteiger partial charge in [-0.05, 0) is 36.5 Å². The number of hydrogen-bond donors (Lipinski definition) is 2. The normalized spacial score (nSPS) is 14.1. The van der Waals surface area contributed by atoms with Gasteiger partial charge in [-0.2, -0.15) is 0 Å². The Kier molecular flexibility index (Phi) is 8.14. The lowest BCUT2D eigenvalue weighted by molar-refractivity contribution is -0.118. The minimum absolute atomic E-state index is 0.00195. The van der Waals surface area contributed by atoms with E-state index in [2.05, 4.69) is 20.7 Å². The lowest BCUT2D eigenvalue weighted by Crippen LogP contribution is -2.31. The second kappa shape index (κ2) is 11.7. The van der Waals surface area contributed by atoms with Crippen LogP contribution in [-0.2, 0) is 11.3 Å². The second-order valence-electron chi connectivity index (χ2n) is 8.30. The van der Waals surface area contributed by atoms with Gasteiger partial charge in [-0.1, -0.05) is 61.7 Å². The molecule has 1 fully saturated rings. The van der Waals surface area contributed by atoms with Crippen LogP contribution in [0.1, 0.15) is 48.0 Å². The molecule has 3 aromatic rings. The highest BCUT2D eigenvalue weighted by atomic mass is 32.2. The number of nitrogens with one attached hydrogen (secondary N) is 2. The van der Waals surface area contributed by atoms with Crippen molar-refractivity contribution >= 4 is 29.5 Å². The highest BCUT2D eigenvalue weighted by molar-refractivity contribution is 8.00. The molecule has 33 heavy (non-hydrogen) atoms. The molecule has 0 spiro atoms. The predicted octanol–water partition coefficient (Wildman–Crippen LogP) is 4.37. The van der Waals surface area contributed by atoms with Gasteiger partial charge in [0, 0.05) is 11.4 Å². The first-order valence-electron chi connectivity index (χ1n) is 11.4. The molecule has 1 saturated carbocycles. The van der Waals surface area contributed by atoms with E-state index in [4.69, 9.17) is 0 Å².